The predicted molar refractivity (Wildman–Crippen MR) is 55.8 cm³/mol. The standard InChI is InChI=1S/C6H5F.C6H10O2/c7-6-4-2-1-3-5-6;7-4-5-1-2-6(8)3-5/h1-5H;5,7H,1-4H2. The minimum Gasteiger partial charge on any atom is -0.396 e. The first kappa shape index (κ1) is 11.9. The highest BCUT2D eigenvalue weighted by Gasteiger charge is 2.20. The Balaban J connectivity index is 0.000000151. The monoisotopic (exact) mass is 210 g/mol. The van der Waals surface area contributed by atoms with Gasteiger partial charge in [0.1, 0.15) is 11.6 Å². The number of Topliss-reactive ketones (excluding diaryl/α,β-unsaturated/α-hetero) is 1. The van der Waals surface area contributed by atoms with Crippen LogP contribution in [-0.4, -0.2) is 17.5 Å². The second-order valence-electron chi connectivity index (χ2n) is 3.63. The fourth-order valence-corrected chi connectivity index (χ4v) is 1.46. The van der Waals surface area contributed by atoms with Crippen LogP contribution in [0.2, 0.25) is 0 Å². The third-order valence-corrected chi connectivity index (χ3v) is 2.34. The van der Waals surface area contributed by atoms with Crippen molar-refractivity contribution in [2.24, 2.45) is 5.92 Å². The van der Waals surface area contributed by atoms with E-state index in [1.807, 2.05) is 0 Å². The summed E-state index contributed by atoms with van der Waals surface area (Å²) in [6, 6.07) is 7.94. The normalized spacial score (nSPS) is 19.6. The number of benzene rings is 1. The molecule has 1 aromatic carbocycles. The van der Waals surface area contributed by atoms with E-state index in [2.05, 4.69) is 0 Å². The molecular weight excluding hydrogens is 195 g/mol. The van der Waals surface area contributed by atoms with Crippen LogP contribution in [0.25, 0.3) is 0 Å². The fourth-order valence-electron chi connectivity index (χ4n) is 1.46. The Morgan fingerprint density at radius 1 is 1.33 bits per heavy atom. The minimum atomic E-state index is -0.178. The van der Waals surface area contributed by atoms with Gasteiger partial charge in [0, 0.05) is 19.4 Å². The first-order chi connectivity index (χ1) is 7.22. The van der Waals surface area contributed by atoms with Crippen molar-refractivity contribution in [1.29, 1.82) is 0 Å². The van der Waals surface area contributed by atoms with Gasteiger partial charge in [0.25, 0.3) is 0 Å². The van der Waals surface area contributed by atoms with Crippen LogP contribution in [0.1, 0.15) is 19.3 Å². The maximum atomic E-state index is 11.9. The average Bonchev–Trinajstić information content (AvgIpc) is 2.66. The van der Waals surface area contributed by atoms with Crippen molar-refractivity contribution in [2.75, 3.05) is 6.61 Å². The van der Waals surface area contributed by atoms with Crippen LogP contribution in [0.15, 0.2) is 30.3 Å². The number of carbonyl (C=O) groups excluding carboxylic acids is 1. The molecule has 3 heteroatoms. The predicted octanol–water partition coefficient (Wildman–Crippen LogP) is 2.17. The lowest BCUT2D eigenvalue weighted by Crippen LogP contribution is -1.99. The molecule has 1 aromatic rings. The fraction of sp³-hybridized carbons (Fsp3) is 0.417. The van der Waals surface area contributed by atoms with E-state index >= 15 is 0 Å². The van der Waals surface area contributed by atoms with Crippen LogP contribution >= 0.6 is 0 Å². The molecule has 1 atom stereocenters. The van der Waals surface area contributed by atoms with Gasteiger partial charge in [-0.15, -0.1) is 0 Å². The van der Waals surface area contributed by atoms with Crippen LogP contribution in [0.3, 0.4) is 0 Å². The molecule has 0 aliphatic heterocycles. The van der Waals surface area contributed by atoms with Gasteiger partial charge in [0.15, 0.2) is 0 Å². The SMILES string of the molecule is Fc1ccccc1.O=C1CCC(CO)C1. The lowest BCUT2D eigenvalue weighted by molar-refractivity contribution is -0.117. The highest BCUT2D eigenvalue weighted by atomic mass is 19.1. The molecule has 2 rings (SSSR count). The molecule has 1 aliphatic rings. The zero-order valence-electron chi connectivity index (χ0n) is 8.53. The van der Waals surface area contributed by atoms with Crippen LogP contribution in [0.5, 0.6) is 0 Å². The number of aliphatic hydroxyl groups excluding tert-OH is 1. The number of halogens is 1. The first-order valence-corrected chi connectivity index (χ1v) is 5.05. The van der Waals surface area contributed by atoms with Crippen molar-refractivity contribution in [3.8, 4) is 0 Å². The van der Waals surface area contributed by atoms with Crippen LogP contribution in [-0.2, 0) is 4.79 Å². The van der Waals surface area contributed by atoms with E-state index in [9.17, 15) is 9.18 Å². The van der Waals surface area contributed by atoms with E-state index in [-0.39, 0.29) is 18.3 Å². The molecule has 0 aromatic heterocycles. The van der Waals surface area contributed by atoms with Crippen molar-refractivity contribution < 1.29 is 14.3 Å². The summed E-state index contributed by atoms with van der Waals surface area (Å²) in [5.41, 5.74) is 0. The molecule has 0 spiro atoms. The lowest BCUT2D eigenvalue weighted by Gasteiger charge is -1.97. The summed E-state index contributed by atoms with van der Waals surface area (Å²) in [6.45, 7) is 0.186. The molecule has 1 aliphatic carbocycles. The van der Waals surface area contributed by atoms with E-state index < -0.39 is 0 Å². The van der Waals surface area contributed by atoms with Gasteiger partial charge in [-0.25, -0.2) is 4.39 Å². The molecular formula is C12H15FO2. The summed E-state index contributed by atoms with van der Waals surface area (Å²) >= 11 is 0. The number of ketones is 1. The maximum Gasteiger partial charge on any atom is 0.133 e. The van der Waals surface area contributed by atoms with Crippen molar-refractivity contribution in [3.05, 3.63) is 36.1 Å². The van der Waals surface area contributed by atoms with E-state index in [1.54, 1.807) is 18.2 Å². The van der Waals surface area contributed by atoms with Gasteiger partial charge in [-0.05, 0) is 24.5 Å². The van der Waals surface area contributed by atoms with Crippen LogP contribution < -0.4 is 0 Å². The summed E-state index contributed by atoms with van der Waals surface area (Å²) in [7, 11) is 0. The number of hydrogen-bond donors (Lipinski definition) is 1. The summed E-state index contributed by atoms with van der Waals surface area (Å²) < 4.78 is 11.9. The van der Waals surface area contributed by atoms with Gasteiger partial charge >= 0.3 is 0 Å². The molecule has 15 heavy (non-hydrogen) atoms. The summed E-state index contributed by atoms with van der Waals surface area (Å²) in [5.74, 6) is 0.411. The maximum absolute atomic E-state index is 11.9. The minimum absolute atomic E-state index is 0.178. The number of carbonyl (C=O) groups is 1. The Labute approximate surface area is 88.7 Å². The quantitative estimate of drug-likeness (QED) is 0.771. The van der Waals surface area contributed by atoms with Gasteiger partial charge < -0.3 is 5.11 Å². The molecule has 1 unspecified atom stereocenters. The van der Waals surface area contributed by atoms with Crippen LogP contribution in [0, 0.1) is 11.7 Å². The third kappa shape index (κ3) is 4.70. The zero-order valence-corrected chi connectivity index (χ0v) is 8.53. The van der Waals surface area contributed by atoms with Gasteiger partial charge in [0.2, 0.25) is 0 Å². The smallest absolute Gasteiger partial charge is 0.133 e. The largest absolute Gasteiger partial charge is 0.396 e. The highest BCUT2D eigenvalue weighted by Crippen LogP contribution is 2.20. The van der Waals surface area contributed by atoms with Gasteiger partial charge in [0.05, 0.1) is 0 Å². The molecule has 1 N–H and O–H groups in total. The van der Waals surface area contributed by atoms with E-state index in [1.165, 1.54) is 12.1 Å². The van der Waals surface area contributed by atoms with Crippen molar-refractivity contribution in [2.45, 2.75) is 19.3 Å². The Morgan fingerprint density at radius 2 is 2.00 bits per heavy atom. The zero-order chi connectivity index (χ0) is 11.1. The molecule has 2 nitrogen and oxygen atoms in total. The Hall–Kier alpha value is -1.22. The molecule has 0 amide bonds. The van der Waals surface area contributed by atoms with Crippen LogP contribution in [0.4, 0.5) is 4.39 Å². The third-order valence-electron chi connectivity index (χ3n) is 2.34. The molecule has 0 radical (unpaired) electrons. The van der Waals surface area contributed by atoms with Gasteiger partial charge in [-0.2, -0.15) is 0 Å². The molecule has 0 bridgehead atoms. The molecule has 0 saturated heterocycles. The van der Waals surface area contributed by atoms with Crippen molar-refractivity contribution >= 4 is 5.78 Å². The number of aliphatic hydroxyl groups is 1. The highest BCUT2D eigenvalue weighted by molar-refractivity contribution is 5.80. The molecule has 82 valence electrons. The number of rotatable bonds is 1. The second kappa shape index (κ2) is 6.30. The van der Waals surface area contributed by atoms with E-state index in [4.69, 9.17) is 5.11 Å². The Bertz CT molecular complexity index is 298. The van der Waals surface area contributed by atoms with Gasteiger partial charge in [-0.3, -0.25) is 4.79 Å². The molecule has 1 saturated carbocycles. The molecule has 1 fully saturated rings. The Kier molecular flexibility index (Phi) is 4.98. The summed E-state index contributed by atoms with van der Waals surface area (Å²) in [5, 5.41) is 8.53. The molecule has 0 heterocycles. The van der Waals surface area contributed by atoms with Gasteiger partial charge in [-0.1, -0.05) is 18.2 Å². The van der Waals surface area contributed by atoms with Crippen molar-refractivity contribution in [3.63, 3.8) is 0 Å². The summed E-state index contributed by atoms with van der Waals surface area (Å²) in [4.78, 5) is 10.5. The lowest BCUT2D eigenvalue weighted by atomic mass is 10.1. The van der Waals surface area contributed by atoms with Crippen molar-refractivity contribution in [1.82, 2.24) is 0 Å². The van der Waals surface area contributed by atoms with E-state index in [0.29, 0.717) is 18.6 Å². The first-order valence-electron chi connectivity index (χ1n) is 5.05. The average molecular weight is 210 g/mol. The topological polar surface area (TPSA) is 37.3 Å². The summed E-state index contributed by atoms with van der Waals surface area (Å²) in [6.07, 6.45) is 2.19. The van der Waals surface area contributed by atoms with E-state index in [0.717, 1.165) is 6.42 Å². The Morgan fingerprint density at radius 3 is 2.27 bits per heavy atom. The number of hydrogen-bond acceptors (Lipinski definition) is 2. The second-order valence-corrected chi connectivity index (χ2v) is 3.63.